The lowest BCUT2D eigenvalue weighted by Crippen LogP contribution is -2.43. The SMILES string of the molecule is CC(C)(C)[Si](C)(C)OC[C@@H]1[C@H](CC#N)[C@@H]2CC[C@H]1O2. The van der Waals surface area contributed by atoms with E-state index in [-0.39, 0.29) is 5.04 Å². The van der Waals surface area contributed by atoms with Crippen LogP contribution in [0.15, 0.2) is 0 Å². The van der Waals surface area contributed by atoms with Gasteiger partial charge in [0, 0.05) is 24.9 Å². The van der Waals surface area contributed by atoms with E-state index in [9.17, 15) is 0 Å². The van der Waals surface area contributed by atoms with Crippen LogP contribution >= 0.6 is 0 Å². The zero-order chi connectivity index (χ0) is 14.3. The highest BCUT2D eigenvalue weighted by molar-refractivity contribution is 6.74. The second-order valence-corrected chi connectivity index (χ2v) is 12.4. The highest BCUT2D eigenvalue weighted by Crippen LogP contribution is 2.46. The lowest BCUT2D eigenvalue weighted by atomic mass is 9.78. The van der Waals surface area contributed by atoms with E-state index in [0.717, 1.165) is 19.4 Å². The fourth-order valence-corrected chi connectivity index (χ4v) is 4.05. The molecular weight excluding hydrogens is 254 g/mol. The van der Waals surface area contributed by atoms with Gasteiger partial charge in [-0.15, -0.1) is 0 Å². The van der Waals surface area contributed by atoms with Gasteiger partial charge in [-0.3, -0.25) is 0 Å². The van der Waals surface area contributed by atoms with Gasteiger partial charge in [0.1, 0.15) is 0 Å². The number of nitriles is 1. The Morgan fingerprint density at radius 1 is 1.21 bits per heavy atom. The average molecular weight is 281 g/mol. The summed E-state index contributed by atoms with van der Waals surface area (Å²) in [6.07, 6.45) is 3.56. The van der Waals surface area contributed by atoms with Gasteiger partial charge in [0.15, 0.2) is 8.32 Å². The molecule has 0 spiro atoms. The first-order chi connectivity index (χ1) is 8.76. The van der Waals surface area contributed by atoms with Crippen LogP contribution in [0.3, 0.4) is 0 Å². The van der Waals surface area contributed by atoms with Crippen LogP contribution in [0.4, 0.5) is 0 Å². The van der Waals surface area contributed by atoms with Crippen LogP contribution in [-0.2, 0) is 9.16 Å². The fraction of sp³-hybridized carbons (Fsp3) is 0.933. The summed E-state index contributed by atoms with van der Waals surface area (Å²) in [4.78, 5) is 0. The Hall–Kier alpha value is -0.373. The molecule has 0 amide bonds. The second-order valence-electron chi connectivity index (χ2n) is 7.55. The van der Waals surface area contributed by atoms with E-state index < -0.39 is 8.32 Å². The Labute approximate surface area is 118 Å². The molecule has 0 aliphatic carbocycles. The summed E-state index contributed by atoms with van der Waals surface area (Å²) in [5.41, 5.74) is 0. The summed E-state index contributed by atoms with van der Waals surface area (Å²) in [6, 6.07) is 2.33. The van der Waals surface area contributed by atoms with Crippen molar-refractivity contribution in [3.05, 3.63) is 0 Å². The normalized spacial score (nSPS) is 34.5. The number of ether oxygens (including phenoxy) is 1. The van der Waals surface area contributed by atoms with E-state index >= 15 is 0 Å². The smallest absolute Gasteiger partial charge is 0.191 e. The second kappa shape index (κ2) is 5.20. The lowest BCUT2D eigenvalue weighted by Gasteiger charge is -2.38. The predicted octanol–water partition coefficient (Wildman–Crippen LogP) is 3.72. The van der Waals surface area contributed by atoms with E-state index in [0.29, 0.717) is 30.5 Å². The van der Waals surface area contributed by atoms with Crippen LogP contribution in [0.5, 0.6) is 0 Å². The third-order valence-corrected chi connectivity index (χ3v) is 9.86. The van der Waals surface area contributed by atoms with Gasteiger partial charge < -0.3 is 9.16 Å². The summed E-state index contributed by atoms with van der Waals surface area (Å²) < 4.78 is 12.3. The zero-order valence-electron chi connectivity index (χ0n) is 12.9. The standard InChI is InChI=1S/C15H27NO2Si/c1-15(2,3)19(4,5)17-10-12-11(8-9-16)13-6-7-14(12)18-13/h11-14H,6-8,10H2,1-5H3/t11-,12+,13-,14+/m0/s1. The van der Waals surface area contributed by atoms with Gasteiger partial charge in [0.25, 0.3) is 0 Å². The van der Waals surface area contributed by atoms with Crippen molar-refractivity contribution in [1.29, 1.82) is 5.26 Å². The molecular formula is C15H27NO2Si. The van der Waals surface area contributed by atoms with Crippen molar-refractivity contribution >= 4 is 8.32 Å². The van der Waals surface area contributed by atoms with Crippen LogP contribution in [-0.4, -0.2) is 27.1 Å². The van der Waals surface area contributed by atoms with Gasteiger partial charge in [-0.2, -0.15) is 5.26 Å². The largest absolute Gasteiger partial charge is 0.416 e. The van der Waals surface area contributed by atoms with Crippen molar-refractivity contribution in [1.82, 2.24) is 0 Å². The molecule has 2 saturated heterocycles. The average Bonchev–Trinajstić information content (AvgIpc) is 2.86. The summed E-state index contributed by atoms with van der Waals surface area (Å²) in [5.74, 6) is 0.834. The summed E-state index contributed by atoms with van der Waals surface area (Å²) in [7, 11) is -1.69. The highest BCUT2D eigenvalue weighted by atomic mass is 28.4. The van der Waals surface area contributed by atoms with E-state index in [1.165, 1.54) is 0 Å². The minimum atomic E-state index is -1.69. The first kappa shape index (κ1) is 15.0. The van der Waals surface area contributed by atoms with Gasteiger partial charge in [-0.25, -0.2) is 0 Å². The molecule has 108 valence electrons. The predicted molar refractivity (Wildman–Crippen MR) is 78.3 cm³/mol. The topological polar surface area (TPSA) is 42.2 Å². The van der Waals surface area contributed by atoms with Gasteiger partial charge >= 0.3 is 0 Å². The van der Waals surface area contributed by atoms with Crippen molar-refractivity contribution in [2.24, 2.45) is 11.8 Å². The van der Waals surface area contributed by atoms with Gasteiger partial charge in [-0.05, 0) is 31.0 Å². The molecule has 2 aliphatic rings. The molecule has 4 atom stereocenters. The first-order valence-corrected chi connectivity index (χ1v) is 10.3. The molecule has 2 fully saturated rings. The fourth-order valence-electron chi connectivity index (χ4n) is 3.01. The van der Waals surface area contributed by atoms with Crippen LogP contribution in [0.2, 0.25) is 18.1 Å². The van der Waals surface area contributed by atoms with E-state index in [1.807, 2.05) is 0 Å². The monoisotopic (exact) mass is 281 g/mol. The number of hydrogen-bond donors (Lipinski definition) is 0. The zero-order valence-corrected chi connectivity index (χ0v) is 13.9. The molecule has 0 saturated carbocycles. The van der Waals surface area contributed by atoms with E-state index in [2.05, 4.69) is 39.9 Å². The van der Waals surface area contributed by atoms with Gasteiger partial charge in [0.05, 0.1) is 18.3 Å². The van der Waals surface area contributed by atoms with Crippen molar-refractivity contribution in [3.8, 4) is 6.07 Å². The lowest BCUT2D eigenvalue weighted by molar-refractivity contribution is 0.0797. The molecule has 2 heterocycles. The molecule has 0 aromatic heterocycles. The molecule has 4 heteroatoms. The molecule has 0 aromatic carbocycles. The molecule has 3 nitrogen and oxygen atoms in total. The van der Waals surface area contributed by atoms with Crippen LogP contribution in [0, 0.1) is 23.2 Å². The van der Waals surface area contributed by atoms with Gasteiger partial charge in [0.2, 0.25) is 0 Å². The Balaban J connectivity index is 1.97. The molecule has 0 aromatic rings. The number of rotatable bonds is 4. The van der Waals surface area contributed by atoms with E-state index in [4.69, 9.17) is 14.4 Å². The summed E-state index contributed by atoms with van der Waals surface area (Å²) in [6.45, 7) is 12.2. The van der Waals surface area contributed by atoms with Crippen LogP contribution in [0.1, 0.15) is 40.0 Å². The Morgan fingerprint density at radius 2 is 1.79 bits per heavy atom. The molecule has 2 bridgehead atoms. The first-order valence-electron chi connectivity index (χ1n) is 7.42. The summed E-state index contributed by atoms with van der Waals surface area (Å²) in [5, 5.41) is 9.24. The molecule has 0 radical (unpaired) electrons. The maximum Gasteiger partial charge on any atom is 0.191 e. The van der Waals surface area contributed by atoms with Crippen molar-refractivity contribution in [3.63, 3.8) is 0 Å². The van der Waals surface area contributed by atoms with Gasteiger partial charge in [-0.1, -0.05) is 20.8 Å². The minimum absolute atomic E-state index is 0.246. The Morgan fingerprint density at radius 3 is 2.32 bits per heavy atom. The quantitative estimate of drug-likeness (QED) is 0.738. The van der Waals surface area contributed by atoms with Crippen molar-refractivity contribution in [2.75, 3.05) is 6.61 Å². The minimum Gasteiger partial charge on any atom is -0.416 e. The maximum atomic E-state index is 8.99. The molecule has 2 aliphatic heterocycles. The number of hydrogen-bond acceptors (Lipinski definition) is 3. The van der Waals surface area contributed by atoms with Crippen LogP contribution in [0.25, 0.3) is 0 Å². The Kier molecular flexibility index (Phi) is 4.11. The van der Waals surface area contributed by atoms with Crippen molar-refractivity contribution < 1.29 is 9.16 Å². The number of fused-ring (bicyclic) bond motifs is 2. The molecule has 0 N–H and O–H groups in total. The third kappa shape index (κ3) is 2.88. The van der Waals surface area contributed by atoms with Crippen molar-refractivity contribution in [2.45, 2.75) is 70.4 Å². The maximum absolute atomic E-state index is 8.99. The summed E-state index contributed by atoms with van der Waals surface area (Å²) >= 11 is 0. The Bertz CT molecular complexity index is 369. The molecule has 2 rings (SSSR count). The molecule has 0 unspecified atom stereocenters. The molecule has 19 heavy (non-hydrogen) atoms. The van der Waals surface area contributed by atoms with Crippen LogP contribution < -0.4 is 0 Å². The number of nitrogens with zero attached hydrogens (tertiary/aromatic N) is 1. The third-order valence-electron chi connectivity index (χ3n) is 5.36. The van der Waals surface area contributed by atoms with E-state index in [1.54, 1.807) is 0 Å². The highest BCUT2D eigenvalue weighted by Gasteiger charge is 2.49.